The summed E-state index contributed by atoms with van der Waals surface area (Å²) in [4.78, 5) is 9.95. The molecule has 0 heterocycles. The van der Waals surface area contributed by atoms with E-state index in [0.717, 1.165) is 6.54 Å². The van der Waals surface area contributed by atoms with Crippen LogP contribution in [0.1, 0.15) is 13.3 Å². The lowest BCUT2D eigenvalue weighted by molar-refractivity contribution is -0.118. The third-order valence-corrected chi connectivity index (χ3v) is 0.779. The molecule has 0 bridgehead atoms. The number of amides is 1. The van der Waals surface area contributed by atoms with Crippen LogP contribution in [-0.2, 0) is 4.79 Å². The molecular formula is C5H11N2O. The van der Waals surface area contributed by atoms with Crippen molar-refractivity contribution in [1.29, 1.82) is 0 Å². The molecule has 0 aromatic rings. The summed E-state index contributed by atoms with van der Waals surface area (Å²) in [6, 6.07) is 0. The molecule has 0 saturated carbocycles. The van der Waals surface area contributed by atoms with Gasteiger partial charge in [-0.3, -0.25) is 10.5 Å². The first-order valence-corrected chi connectivity index (χ1v) is 2.72. The highest BCUT2D eigenvalue weighted by molar-refractivity contribution is 5.73. The topological polar surface area (TPSA) is 52.9 Å². The average molecular weight is 115 g/mol. The summed E-state index contributed by atoms with van der Waals surface area (Å²) >= 11 is 0. The highest BCUT2D eigenvalue weighted by atomic mass is 16.1. The molecule has 0 aliphatic heterocycles. The monoisotopic (exact) mass is 115 g/mol. The number of carbonyl (C=O) groups is 1. The SMILES string of the molecule is CCNCCC([NH])=O. The van der Waals surface area contributed by atoms with Crippen molar-refractivity contribution in [1.82, 2.24) is 11.1 Å². The van der Waals surface area contributed by atoms with Gasteiger partial charge >= 0.3 is 0 Å². The molecule has 2 N–H and O–H groups in total. The van der Waals surface area contributed by atoms with Crippen LogP contribution in [0.2, 0.25) is 0 Å². The van der Waals surface area contributed by atoms with Crippen molar-refractivity contribution in [2.75, 3.05) is 13.1 Å². The van der Waals surface area contributed by atoms with Gasteiger partial charge in [0.15, 0.2) is 0 Å². The summed E-state index contributed by atoms with van der Waals surface area (Å²) in [7, 11) is 0. The molecule has 0 fully saturated rings. The average Bonchev–Trinajstić information content (AvgIpc) is 1.66. The minimum atomic E-state index is -0.494. The molecule has 0 spiro atoms. The van der Waals surface area contributed by atoms with E-state index in [0.29, 0.717) is 13.0 Å². The van der Waals surface area contributed by atoms with Crippen molar-refractivity contribution >= 4 is 5.91 Å². The number of hydrogen-bond donors (Lipinski definition) is 1. The van der Waals surface area contributed by atoms with Crippen LogP contribution in [0.5, 0.6) is 0 Å². The Balaban J connectivity index is 2.82. The Morgan fingerprint density at radius 1 is 1.75 bits per heavy atom. The Kier molecular flexibility index (Phi) is 4.26. The fourth-order valence-corrected chi connectivity index (χ4v) is 0.379. The lowest BCUT2D eigenvalue weighted by atomic mass is 10.4. The van der Waals surface area contributed by atoms with E-state index in [9.17, 15) is 4.79 Å². The lowest BCUT2D eigenvalue weighted by Crippen LogP contribution is -2.17. The number of rotatable bonds is 4. The van der Waals surface area contributed by atoms with E-state index in [-0.39, 0.29) is 0 Å². The van der Waals surface area contributed by atoms with Crippen LogP contribution in [-0.4, -0.2) is 19.0 Å². The molecule has 3 nitrogen and oxygen atoms in total. The molecule has 0 saturated heterocycles. The van der Waals surface area contributed by atoms with E-state index in [1.165, 1.54) is 0 Å². The third kappa shape index (κ3) is 5.43. The second kappa shape index (κ2) is 4.59. The highest BCUT2D eigenvalue weighted by Crippen LogP contribution is 1.71. The Labute approximate surface area is 49.3 Å². The Hall–Kier alpha value is -0.570. The predicted octanol–water partition coefficient (Wildman–Crippen LogP) is -0.205. The van der Waals surface area contributed by atoms with Gasteiger partial charge in [-0.2, -0.15) is 0 Å². The van der Waals surface area contributed by atoms with Gasteiger partial charge in [0.2, 0.25) is 5.91 Å². The van der Waals surface area contributed by atoms with Crippen LogP contribution >= 0.6 is 0 Å². The molecule has 47 valence electrons. The van der Waals surface area contributed by atoms with E-state index in [1.54, 1.807) is 0 Å². The summed E-state index contributed by atoms with van der Waals surface area (Å²) < 4.78 is 0. The first-order chi connectivity index (χ1) is 3.77. The first kappa shape index (κ1) is 7.43. The second-order valence-electron chi connectivity index (χ2n) is 1.53. The van der Waals surface area contributed by atoms with Crippen LogP contribution < -0.4 is 11.1 Å². The van der Waals surface area contributed by atoms with Gasteiger partial charge in [-0.15, -0.1) is 0 Å². The van der Waals surface area contributed by atoms with Crippen molar-refractivity contribution in [3.63, 3.8) is 0 Å². The largest absolute Gasteiger partial charge is 0.316 e. The van der Waals surface area contributed by atoms with Crippen molar-refractivity contribution in [2.24, 2.45) is 0 Å². The fourth-order valence-electron chi connectivity index (χ4n) is 0.379. The fraction of sp³-hybridized carbons (Fsp3) is 0.800. The molecule has 8 heavy (non-hydrogen) atoms. The normalized spacial score (nSPS) is 9.12. The standard InChI is InChI=1S/C5H11N2O/c1-2-7-4-3-5(6)8/h6-7H,2-4H2,1H3. The first-order valence-electron chi connectivity index (χ1n) is 2.72. The number of nitrogens with one attached hydrogen (secondary N) is 2. The zero-order chi connectivity index (χ0) is 6.41. The van der Waals surface area contributed by atoms with Gasteiger partial charge in [-0.25, -0.2) is 0 Å². The molecule has 0 atom stereocenters. The second-order valence-corrected chi connectivity index (χ2v) is 1.53. The van der Waals surface area contributed by atoms with Crippen LogP contribution in [0.4, 0.5) is 0 Å². The molecule has 1 amide bonds. The molecule has 3 heteroatoms. The Morgan fingerprint density at radius 3 is 2.75 bits per heavy atom. The molecular weight excluding hydrogens is 104 g/mol. The van der Waals surface area contributed by atoms with E-state index in [2.05, 4.69) is 5.32 Å². The summed E-state index contributed by atoms with van der Waals surface area (Å²) in [6.07, 6.45) is 0.327. The van der Waals surface area contributed by atoms with Gasteiger partial charge in [0.25, 0.3) is 0 Å². The quantitative estimate of drug-likeness (QED) is 0.516. The number of hydrogen-bond acceptors (Lipinski definition) is 2. The summed E-state index contributed by atoms with van der Waals surface area (Å²) in [6.45, 7) is 3.47. The van der Waals surface area contributed by atoms with E-state index < -0.39 is 5.91 Å². The van der Waals surface area contributed by atoms with Gasteiger partial charge in [0, 0.05) is 13.0 Å². The molecule has 0 unspecified atom stereocenters. The maximum atomic E-state index is 9.95. The predicted molar refractivity (Wildman–Crippen MR) is 31.3 cm³/mol. The molecule has 0 aromatic carbocycles. The van der Waals surface area contributed by atoms with E-state index in [4.69, 9.17) is 5.73 Å². The summed E-state index contributed by atoms with van der Waals surface area (Å²) in [5, 5.41) is 2.94. The molecule has 0 aliphatic rings. The smallest absolute Gasteiger partial charge is 0.239 e. The zero-order valence-corrected chi connectivity index (χ0v) is 5.03. The molecule has 1 radical (unpaired) electrons. The minimum Gasteiger partial charge on any atom is -0.316 e. The molecule has 0 aliphatic carbocycles. The van der Waals surface area contributed by atoms with Gasteiger partial charge in [0.1, 0.15) is 0 Å². The van der Waals surface area contributed by atoms with Crippen molar-refractivity contribution in [3.05, 3.63) is 0 Å². The van der Waals surface area contributed by atoms with Gasteiger partial charge in [-0.1, -0.05) is 6.92 Å². The maximum absolute atomic E-state index is 9.95. The maximum Gasteiger partial charge on any atom is 0.239 e. The Bertz CT molecular complexity index is 72.8. The molecule has 0 rings (SSSR count). The van der Waals surface area contributed by atoms with Crippen LogP contribution in [0, 0.1) is 0 Å². The van der Waals surface area contributed by atoms with Gasteiger partial charge in [-0.05, 0) is 6.54 Å². The van der Waals surface area contributed by atoms with Crippen LogP contribution in [0.3, 0.4) is 0 Å². The summed E-state index contributed by atoms with van der Waals surface area (Å²) in [5.41, 5.74) is 6.48. The van der Waals surface area contributed by atoms with E-state index >= 15 is 0 Å². The Morgan fingerprint density at radius 2 is 2.38 bits per heavy atom. The molecule has 0 aromatic heterocycles. The van der Waals surface area contributed by atoms with Gasteiger partial charge in [0.05, 0.1) is 0 Å². The highest BCUT2D eigenvalue weighted by Gasteiger charge is 1.90. The van der Waals surface area contributed by atoms with Crippen molar-refractivity contribution in [2.45, 2.75) is 13.3 Å². The van der Waals surface area contributed by atoms with Crippen LogP contribution in [0.25, 0.3) is 0 Å². The van der Waals surface area contributed by atoms with Crippen molar-refractivity contribution in [3.8, 4) is 0 Å². The van der Waals surface area contributed by atoms with Crippen LogP contribution in [0.15, 0.2) is 0 Å². The van der Waals surface area contributed by atoms with Gasteiger partial charge < -0.3 is 5.32 Å². The van der Waals surface area contributed by atoms with Crippen molar-refractivity contribution < 1.29 is 4.79 Å². The number of carbonyl (C=O) groups excluding carboxylic acids is 1. The minimum absolute atomic E-state index is 0.327. The zero-order valence-electron chi connectivity index (χ0n) is 5.03. The summed E-state index contributed by atoms with van der Waals surface area (Å²) in [5.74, 6) is -0.494. The third-order valence-electron chi connectivity index (χ3n) is 0.779. The lowest BCUT2D eigenvalue weighted by Gasteiger charge is -1.94. The van der Waals surface area contributed by atoms with E-state index in [1.807, 2.05) is 6.92 Å².